The Hall–Kier alpha value is -3.13. The monoisotopic (exact) mass is 407 g/mol. The topological polar surface area (TPSA) is 103 Å². The SMILES string of the molecule is CC(=O)c1cccc(NC(=O)[C@@H](Sc2nnc(C3CC3)n2N)c2ccccc2)c1. The smallest absolute Gasteiger partial charge is 0.242 e. The summed E-state index contributed by atoms with van der Waals surface area (Å²) in [6, 6.07) is 16.3. The number of carbonyl (C=O) groups excluding carboxylic acids is 2. The van der Waals surface area contributed by atoms with Crippen LogP contribution in [0.5, 0.6) is 0 Å². The van der Waals surface area contributed by atoms with Crippen LogP contribution in [0.25, 0.3) is 0 Å². The highest BCUT2D eigenvalue weighted by Gasteiger charge is 2.31. The summed E-state index contributed by atoms with van der Waals surface area (Å²) < 4.78 is 1.49. The average molecular weight is 407 g/mol. The molecule has 0 aliphatic heterocycles. The molecule has 1 aromatic heterocycles. The van der Waals surface area contributed by atoms with Gasteiger partial charge in [0.25, 0.3) is 0 Å². The van der Waals surface area contributed by atoms with Crippen LogP contribution in [0, 0.1) is 0 Å². The van der Waals surface area contributed by atoms with Gasteiger partial charge in [0.15, 0.2) is 11.6 Å². The first-order valence-electron chi connectivity index (χ1n) is 9.37. The Balaban J connectivity index is 1.60. The third-order valence-electron chi connectivity index (χ3n) is 4.73. The summed E-state index contributed by atoms with van der Waals surface area (Å²) in [6.45, 7) is 1.50. The van der Waals surface area contributed by atoms with E-state index in [0.717, 1.165) is 24.2 Å². The molecule has 1 saturated carbocycles. The van der Waals surface area contributed by atoms with E-state index >= 15 is 0 Å². The van der Waals surface area contributed by atoms with Crippen LogP contribution in [0.1, 0.15) is 52.7 Å². The van der Waals surface area contributed by atoms with Crippen LogP contribution in [-0.4, -0.2) is 26.6 Å². The molecule has 1 aliphatic rings. The van der Waals surface area contributed by atoms with Crippen molar-refractivity contribution in [2.75, 3.05) is 11.2 Å². The summed E-state index contributed by atoms with van der Waals surface area (Å²) in [4.78, 5) is 24.8. The van der Waals surface area contributed by atoms with Crippen molar-refractivity contribution in [3.05, 3.63) is 71.5 Å². The molecule has 7 nitrogen and oxygen atoms in total. The molecule has 148 valence electrons. The van der Waals surface area contributed by atoms with Crippen LogP contribution >= 0.6 is 11.8 Å². The van der Waals surface area contributed by atoms with Gasteiger partial charge >= 0.3 is 0 Å². The minimum Gasteiger partial charge on any atom is -0.336 e. The lowest BCUT2D eigenvalue weighted by atomic mass is 10.1. The van der Waals surface area contributed by atoms with E-state index in [4.69, 9.17) is 5.84 Å². The second kappa shape index (κ2) is 8.08. The highest BCUT2D eigenvalue weighted by atomic mass is 32.2. The number of nitrogens with zero attached hydrogens (tertiary/aromatic N) is 3. The lowest BCUT2D eigenvalue weighted by Crippen LogP contribution is -2.21. The fraction of sp³-hybridized carbons (Fsp3) is 0.238. The first-order valence-corrected chi connectivity index (χ1v) is 10.2. The number of thioether (sulfide) groups is 1. The number of anilines is 1. The van der Waals surface area contributed by atoms with E-state index in [9.17, 15) is 9.59 Å². The number of hydrogen-bond donors (Lipinski definition) is 2. The summed E-state index contributed by atoms with van der Waals surface area (Å²) in [5.41, 5.74) is 1.94. The molecule has 0 unspecified atom stereocenters. The first kappa shape index (κ1) is 19.2. The van der Waals surface area contributed by atoms with Crippen molar-refractivity contribution in [2.45, 2.75) is 36.1 Å². The number of carbonyl (C=O) groups is 2. The van der Waals surface area contributed by atoms with Crippen LogP contribution in [0.15, 0.2) is 59.8 Å². The Labute approximate surface area is 172 Å². The molecule has 2 aromatic carbocycles. The molecule has 1 fully saturated rings. The molecule has 1 amide bonds. The van der Waals surface area contributed by atoms with Gasteiger partial charge in [0.05, 0.1) is 0 Å². The Morgan fingerprint density at radius 3 is 2.59 bits per heavy atom. The van der Waals surface area contributed by atoms with Gasteiger partial charge in [0.2, 0.25) is 11.1 Å². The molecule has 29 heavy (non-hydrogen) atoms. The maximum atomic E-state index is 13.1. The average Bonchev–Trinajstić information content (AvgIpc) is 3.50. The Morgan fingerprint density at radius 1 is 1.14 bits per heavy atom. The number of nitrogen functional groups attached to an aromatic ring is 1. The van der Waals surface area contributed by atoms with E-state index in [-0.39, 0.29) is 11.7 Å². The third-order valence-corrected chi connectivity index (χ3v) is 5.94. The van der Waals surface area contributed by atoms with Gasteiger partial charge in [-0.2, -0.15) is 0 Å². The summed E-state index contributed by atoms with van der Waals surface area (Å²) in [5.74, 6) is 7.02. The van der Waals surface area contributed by atoms with E-state index < -0.39 is 5.25 Å². The number of aromatic nitrogens is 3. The molecule has 0 radical (unpaired) electrons. The lowest BCUT2D eigenvalue weighted by Gasteiger charge is -2.17. The molecule has 1 heterocycles. The van der Waals surface area contributed by atoms with Crippen LogP contribution in [0.4, 0.5) is 5.69 Å². The van der Waals surface area contributed by atoms with Gasteiger partial charge in [0, 0.05) is 17.2 Å². The molecule has 0 bridgehead atoms. The van der Waals surface area contributed by atoms with Crippen molar-refractivity contribution in [1.82, 2.24) is 14.9 Å². The van der Waals surface area contributed by atoms with Crippen molar-refractivity contribution in [3.8, 4) is 0 Å². The lowest BCUT2D eigenvalue weighted by molar-refractivity contribution is -0.115. The van der Waals surface area contributed by atoms with Gasteiger partial charge in [-0.15, -0.1) is 10.2 Å². The zero-order chi connectivity index (χ0) is 20.4. The minimum absolute atomic E-state index is 0.0566. The zero-order valence-corrected chi connectivity index (χ0v) is 16.7. The molecule has 4 rings (SSSR count). The van der Waals surface area contributed by atoms with Crippen molar-refractivity contribution in [1.29, 1.82) is 0 Å². The van der Waals surface area contributed by atoms with Crippen LogP contribution in [0.2, 0.25) is 0 Å². The fourth-order valence-electron chi connectivity index (χ4n) is 3.02. The minimum atomic E-state index is -0.573. The first-order chi connectivity index (χ1) is 14.0. The van der Waals surface area contributed by atoms with Crippen LogP contribution in [0.3, 0.4) is 0 Å². The van der Waals surface area contributed by atoms with Gasteiger partial charge in [-0.1, -0.05) is 54.2 Å². The standard InChI is InChI=1S/C21H21N5O2S/c1-13(27)16-8-5-9-17(12-16)23-20(28)18(14-6-3-2-4-7-14)29-21-25-24-19(26(21)22)15-10-11-15/h2-9,12,15,18H,10-11,22H2,1H3,(H,23,28)/t18-/m0/s1. The fourth-order valence-corrected chi connectivity index (χ4v) is 3.98. The second-order valence-corrected chi connectivity index (χ2v) is 8.09. The summed E-state index contributed by atoms with van der Waals surface area (Å²) in [7, 11) is 0. The number of benzene rings is 2. The number of Topliss-reactive ketones (excluding diaryl/α,β-unsaturated/α-hetero) is 1. The quantitative estimate of drug-likeness (QED) is 0.353. The third kappa shape index (κ3) is 4.32. The molecular weight excluding hydrogens is 386 g/mol. The summed E-state index contributed by atoms with van der Waals surface area (Å²) >= 11 is 1.26. The number of ketones is 1. The van der Waals surface area contributed by atoms with E-state index in [1.165, 1.54) is 23.4 Å². The van der Waals surface area contributed by atoms with Crippen molar-refractivity contribution in [2.24, 2.45) is 0 Å². The van der Waals surface area contributed by atoms with E-state index in [1.807, 2.05) is 30.3 Å². The number of nitrogens with two attached hydrogens (primary N) is 1. The molecule has 0 spiro atoms. The Bertz CT molecular complexity index is 1050. The van der Waals surface area contributed by atoms with E-state index in [1.54, 1.807) is 24.3 Å². The van der Waals surface area contributed by atoms with Crippen molar-refractivity contribution in [3.63, 3.8) is 0 Å². The van der Waals surface area contributed by atoms with Crippen LogP contribution < -0.4 is 11.2 Å². The molecule has 8 heteroatoms. The van der Waals surface area contributed by atoms with Gasteiger partial charge in [-0.05, 0) is 37.5 Å². The predicted octanol–water partition coefficient (Wildman–Crippen LogP) is 3.54. The maximum absolute atomic E-state index is 13.1. The van der Waals surface area contributed by atoms with Crippen LogP contribution in [-0.2, 0) is 4.79 Å². The second-order valence-electron chi connectivity index (χ2n) is 7.02. The number of rotatable bonds is 7. The van der Waals surface area contributed by atoms with E-state index in [2.05, 4.69) is 15.5 Å². The molecular formula is C21H21N5O2S. The predicted molar refractivity (Wildman–Crippen MR) is 112 cm³/mol. The van der Waals surface area contributed by atoms with Gasteiger partial charge in [-0.25, -0.2) is 4.68 Å². The normalized spacial score (nSPS) is 14.4. The highest BCUT2D eigenvalue weighted by Crippen LogP contribution is 2.41. The largest absolute Gasteiger partial charge is 0.336 e. The Morgan fingerprint density at radius 2 is 1.90 bits per heavy atom. The zero-order valence-electron chi connectivity index (χ0n) is 15.9. The highest BCUT2D eigenvalue weighted by molar-refractivity contribution is 8.00. The Kier molecular flexibility index (Phi) is 5.35. The molecule has 0 saturated heterocycles. The number of nitrogens with one attached hydrogen (secondary N) is 1. The summed E-state index contributed by atoms with van der Waals surface area (Å²) in [6.07, 6.45) is 2.13. The van der Waals surface area contributed by atoms with E-state index in [0.29, 0.717) is 22.3 Å². The maximum Gasteiger partial charge on any atom is 0.242 e. The number of hydrogen-bond acceptors (Lipinski definition) is 6. The van der Waals surface area contributed by atoms with Gasteiger partial charge < -0.3 is 11.2 Å². The molecule has 3 aromatic rings. The van der Waals surface area contributed by atoms with Gasteiger partial charge in [-0.3, -0.25) is 9.59 Å². The molecule has 1 atom stereocenters. The number of amides is 1. The van der Waals surface area contributed by atoms with Crippen molar-refractivity contribution >= 4 is 29.1 Å². The van der Waals surface area contributed by atoms with Crippen molar-refractivity contribution < 1.29 is 9.59 Å². The van der Waals surface area contributed by atoms with Gasteiger partial charge in [0.1, 0.15) is 5.25 Å². The molecule has 3 N–H and O–H groups in total. The molecule has 1 aliphatic carbocycles. The summed E-state index contributed by atoms with van der Waals surface area (Å²) in [5, 5.41) is 11.2.